The highest BCUT2D eigenvalue weighted by Crippen LogP contribution is 2.22. The van der Waals surface area contributed by atoms with Crippen molar-refractivity contribution < 1.29 is 0 Å². The van der Waals surface area contributed by atoms with Crippen molar-refractivity contribution in [2.45, 2.75) is 13.1 Å². The van der Waals surface area contributed by atoms with Crippen molar-refractivity contribution in [1.82, 2.24) is 15.0 Å². The molecule has 0 atom stereocenters. The van der Waals surface area contributed by atoms with Gasteiger partial charge in [-0.1, -0.05) is 55.6 Å². The highest BCUT2D eigenvalue weighted by Gasteiger charge is 2.34. The number of hydrogen-bond acceptors (Lipinski definition) is 3. The molecule has 0 fully saturated rings. The summed E-state index contributed by atoms with van der Waals surface area (Å²) in [5.74, 6) is 0. The molecule has 4 aromatic rings. The lowest BCUT2D eigenvalue weighted by molar-refractivity contribution is 1.31. The van der Waals surface area contributed by atoms with Crippen molar-refractivity contribution in [3.8, 4) is 22.3 Å². The molecule has 0 aliphatic carbocycles. The van der Waals surface area contributed by atoms with E-state index in [0.29, 0.717) is 0 Å². The summed E-state index contributed by atoms with van der Waals surface area (Å²) in [6, 6.07) is 22.9. The molecular formula is C23H21N3Si. The molecule has 0 bridgehead atoms. The molecule has 3 heterocycles. The van der Waals surface area contributed by atoms with Crippen LogP contribution in [0.4, 0.5) is 0 Å². The van der Waals surface area contributed by atoms with Crippen LogP contribution in [0, 0.1) is 0 Å². The standard InChI is InChI=1S/C23H21N3Si/c1-27(2,22-20(10-6-14-25-22)18-8-4-3-5-9-18)23-21(11-7-15-26-23)19-12-16-24-17-13-19/h3-17H,1-2H3. The van der Waals surface area contributed by atoms with E-state index in [4.69, 9.17) is 9.97 Å². The highest BCUT2D eigenvalue weighted by atomic mass is 28.3. The molecule has 0 saturated heterocycles. The predicted molar refractivity (Wildman–Crippen MR) is 114 cm³/mol. The average molecular weight is 368 g/mol. The minimum absolute atomic E-state index is 1.14. The van der Waals surface area contributed by atoms with Crippen molar-refractivity contribution in [2.24, 2.45) is 0 Å². The first-order chi connectivity index (χ1) is 13.2. The van der Waals surface area contributed by atoms with Crippen molar-refractivity contribution in [3.63, 3.8) is 0 Å². The smallest absolute Gasteiger partial charge is 0.160 e. The van der Waals surface area contributed by atoms with Crippen LogP contribution in [-0.4, -0.2) is 23.0 Å². The van der Waals surface area contributed by atoms with Gasteiger partial charge in [0.05, 0.1) is 0 Å². The lowest BCUT2D eigenvalue weighted by atomic mass is 10.1. The molecule has 4 rings (SSSR count). The molecule has 1 aromatic carbocycles. The number of pyridine rings is 3. The van der Waals surface area contributed by atoms with Gasteiger partial charge in [0.15, 0.2) is 8.07 Å². The maximum absolute atomic E-state index is 4.85. The van der Waals surface area contributed by atoms with E-state index < -0.39 is 8.07 Å². The quantitative estimate of drug-likeness (QED) is 0.511. The molecule has 0 N–H and O–H groups in total. The Hall–Kier alpha value is -3.11. The molecule has 0 amide bonds. The Bertz CT molecular complexity index is 962. The summed E-state index contributed by atoms with van der Waals surface area (Å²) < 4.78 is 0. The Labute approximate surface area is 160 Å². The van der Waals surface area contributed by atoms with Crippen LogP contribution in [0.3, 0.4) is 0 Å². The zero-order valence-corrected chi connectivity index (χ0v) is 16.5. The van der Waals surface area contributed by atoms with E-state index >= 15 is 0 Å². The van der Waals surface area contributed by atoms with E-state index in [-0.39, 0.29) is 0 Å². The van der Waals surface area contributed by atoms with Gasteiger partial charge in [-0.05, 0) is 46.5 Å². The van der Waals surface area contributed by atoms with Crippen LogP contribution in [0.2, 0.25) is 13.1 Å². The number of benzene rings is 1. The summed E-state index contributed by atoms with van der Waals surface area (Å²) in [4.78, 5) is 13.8. The van der Waals surface area contributed by atoms with E-state index in [0.717, 1.165) is 16.2 Å². The highest BCUT2D eigenvalue weighted by molar-refractivity contribution is 7.00. The monoisotopic (exact) mass is 367 g/mol. The van der Waals surface area contributed by atoms with E-state index in [1.807, 2.05) is 55.1 Å². The molecule has 0 spiro atoms. The molecule has 0 unspecified atom stereocenters. The fourth-order valence-electron chi connectivity index (χ4n) is 3.53. The third kappa shape index (κ3) is 3.31. The van der Waals surface area contributed by atoms with Crippen molar-refractivity contribution >= 4 is 18.7 Å². The predicted octanol–water partition coefficient (Wildman–Crippen LogP) is 4.03. The molecular weight excluding hydrogens is 346 g/mol. The molecule has 3 nitrogen and oxygen atoms in total. The van der Waals surface area contributed by atoms with E-state index in [9.17, 15) is 0 Å². The summed E-state index contributed by atoms with van der Waals surface area (Å²) >= 11 is 0. The van der Waals surface area contributed by atoms with Crippen LogP contribution < -0.4 is 10.6 Å². The van der Waals surface area contributed by atoms with Gasteiger partial charge in [-0.3, -0.25) is 15.0 Å². The van der Waals surface area contributed by atoms with Gasteiger partial charge in [0.2, 0.25) is 0 Å². The Morgan fingerprint density at radius 3 is 1.63 bits per heavy atom. The van der Waals surface area contributed by atoms with E-state index in [1.54, 1.807) is 0 Å². The molecule has 0 aliphatic heterocycles. The summed E-state index contributed by atoms with van der Waals surface area (Å²) in [6.45, 7) is 4.66. The maximum Gasteiger partial charge on any atom is 0.160 e. The fourth-order valence-corrected chi connectivity index (χ4v) is 6.35. The van der Waals surface area contributed by atoms with Gasteiger partial charge < -0.3 is 0 Å². The van der Waals surface area contributed by atoms with Crippen LogP contribution in [0.1, 0.15) is 0 Å². The zero-order valence-electron chi connectivity index (χ0n) is 15.5. The largest absolute Gasteiger partial charge is 0.265 e. The summed E-state index contributed by atoms with van der Waals surface area (Å²) in [5.41, 5.74) is 4.70. The molecule has 27 heavy (non-hydrogen) atoms. The summed E-state index contributed by atoms with van der Waals surface area (Å²) in [5, 5.41) is 2.30. The maximum atomic E-state index is 4.85. The third-order valence-electron chi connectivity index (χ3n) is 4.88. The van der Waals surface area contributed by atoms with Gasteiger partial charge in [-0.2, -0.15) is 0 Å². The molecule has 0 saturated carbocycles. The second-order valence-corrected chi connectivity index (χ2v) is 11.2. The number of hydrogen-bond donors (Lipinski definition) is 0. The molecule has 0 aliphatic rings. The Morgan fingerprint density at radius 2 is 1.07 bits per heavy atom. The topological polar surface area (TPSA) is 38.7 Å². The molecule has 3 aromatic heterocycles. The third-order valence-corrected chi connectivity index (χ3v) is 8.04. The molecule has 4 heteroatoms. The van der Waals surface area contributed by atoms with E-state index in [1.165, 1.54) is 16.7 Å². The van der Waals surface area contributed by atoms with Crippen LogP contribution in [0.25, 0.3) is 22.3 Å². The van der Waals surface area contributed by atoms with E-state index in [2.05, 4.69) is 54.5 Å². The van der Waals surface area contributed by atoms with Crippen LogP contribution >= 0.6 is 0 Å². The minimum Gasteiger partial charge on any atom is -0.265 e. The zero-order chi connectivity index (χ0) is 18.7. The first-order valence-corrected chi connectivity index (χ1v) is 12.0. The number of nitrogens with zero attached hydrogens (tertiary/aromatic N) is 3. The van der Waals surface area contributed by atoms with Crippen molar-refractivity contribution in [1.29, 1.82) is 0 Å². The summed E-state index contributed by atoms with van der Waals surface area (Å²) in [7, 11) is -2.15. The van der Waals surface area contributed by atoms with Gasteiger partial charge in [-0.25, -0.2) is 0 Å². The van der Waals surface area contributed by atoms with Gasteiger partial charge in [-0.15, -0.1) is 0 Å². The molecule has 0 radical (unpaired) electrons. The Morgan fingerprint density at radius 1 is 0.556 bits per heavy atom. The Kier molecular flexibility index (Phi) is 4.65. The van der Waals surface area contributed by atoms with Crippen LogP contribution in [-0.2, 0) is 0 Å². The van der Waals surface area contributed by atoms with Gasteiger partial charge in [0.1, 0.15) is 0 Å². The lowest BCUT2D eigenvalue weighted by Gasteiger charge is -2.26. The average Bonchev–Trinajstić information content (AvgIpc) is 2.75. The van der Waals surface area contributed by atoms with Gasteiger partial charge in [0, 0.05) is 35.4 Å². The second kappa shape index (κ2) is 7.25. The van der Waals surface area contributed by atoms with Crippen LogP contribution in [0.5, 0.6) is 0 Å². The first-order valence-electron chi connectivity index (χ1n) is 9.05. The SMILES string of the molecule is C[Si](C)(c1ncccc1-c1ccccc1)c1ncccc1-c1ccncc1. The van der Waals surface area contributed by atoms with Gasteiger partial charge in [0.25, 0.3) is 0 Å². The van der Waals surface area contributed by atoms with Crippen molar-refractivity contribution in [3.05, 3.63) is 91.5 Å². The fraction of sp³-hybridized carbons (Fsp3) is 0.0870. The lowest BCUT2D eigenvalue weighted by Crippen LogP contribution is -2.57. The number of rotatable bonds is 4. The first kappa shape index (κ1) is 17.3. The Balaban J connectivity index is 1.90. The van der Waals surface area contributed by atoms with Crippen molar-refractivity contribution in [2.75, 3.05) is 0 Å². The minimum atomic E-state index is -2.15. The second-order valence-electron chi connectivity index (χ2n) is 7.03. The van der Waals surface area contributed by atoms with Gasteiger partial charge >= 0.3 is 0 Å². The van der Waals surface area contributed by atoms with Crippen LogP contribution in [0.15, 0.2) is 91.5 Å². The number of aromatic nitrogens is 3. The molecule has 132 valence electrons. The summed E-state index contributed by atoms with van der Waals surface area (Å²) in [6.07, 6.45) is 7.44. The normalized spacial score (nSPS) is 11.3.